The van der Waals surface area contributed by atoms with Crippen LogP contribution >= 0.6 is 11.6 Å². The molecule has 21 heavy (non-hydrogen) atoms. The summed E-state index contributed by atoms with van der Waals surface area (Å²) in [6.07, 6.45) is 6.96. The number of carbonyl (C=O) groups excluding carboxylic acids is 1. The SMILES string of the molecule is COc1cc(NC(=O)C(N)CC2CCCCC2)ccc1Cl. The molecule has 0 heterocycles. The lowest BCUT2D eigenvalue weighted by Gasteiger charge is -2.24. The first-order chi connectivity index (χ1) is 10.1. The Morgan fingerprint density at radius 2 is 2.14 bits per heavy atom. The number of nitrogens with one attached hydrogen (secondary N) is 1. The highest BCUT2D eigenvalue weighted by Crippen LogP contribution is 2.29. The molecule has 1 aliphatic rings. The second-order valence-electron chi connectivity index (χ2n) is 5.68. The van der Waals surface area contributed by atoms with Gasteiger partial charge in [0.2, 0.25) is 5.91 Å². The molecule has 1 unspecified atom stereocenters. The zero-order valence-electron chi connectivity index (χ0n) is 12.4. The molecule has 1 aliphatic carbocycles. The molecule has 1 aromatic carbocycles. The predicted octanol–water partition coefficient (Wildman–Crippen LogP) is 3.58. The summed E-state index contributed by atoms with van der Waals surface area (Å²) in [5.74, 6) is 0.972. The maximum atomic E-state index is 12.2. The van der Waals surface area contributed by atoms with Crippen molar-refractivity contribution in [2.45, 2.75) is 44.6 Å². The molecule has 1 atom stereocenters. The zero-order valence-corrected chi connectivity index (χ0v) is 13.2. The molecule has 0 aromatic heterocycles. The van der Waals surface area contributed by atoms with Crippen LogP contribution in [-0.4, -0.2) is 19.1 Å². The normalized spacial score (nSPS) is 17.3. The van der Waals surface area contributed by atoms with Gasteiger partial charge >= 0.3 is 0 Å². The van der Waals surface area contributed by atoms with Gasteiger partial charge in [-0.05, 0) is 24.5 Å². The molecule has 0 bridgehead atoms. The van der Waals surface area contributed by atoms with Crippen molar-refractivity contribution in [2.75, 3.05) is 12.4 Å². The highest BCUT2D eigenvalue weighted by atomic mass is 35.5. The number of rotatable bonds is 5. The Balaban J connectivity index is 1.90. The molecule has 0 spiro atoms. The van der Waals surface area contributed by atoms with Crippen LogP contribution in [0.3, 0.4) is 0 Å². The topological polar surface area (TPSA) is 64.3 Å². The molecule has 2 rings (SSSR count). The molecule has 116 valence electrons. The molecular weight excluding hydrogens is 288 g/mol. The highest BCUT2D eigenvalue weighted by molar-refractivity contribution is 6.32. The van der Waals surface area contributed by atoms with Crippen molar-refractivity contribution in [3.63, 3.8) is 0 Å². The largest absolute Gasteiger partial charge is 0.495 e. The van der Waals surface area contributed by atoms with Gasteiger partial charge in [-0.15, -0.1) is 0 Å². The van der Waals surface area contributed by atoms with E-state index < -0.39 is 6.04 Å². The fourth-order valence-electron chi connectivity index (χ4n) is 2.86. The fourth-order valence-corrected chi connectivity index (χ4v) is 3.06. The van der Waals surface area contributed by atoms with E-state index in [-0.39, 0.29) is 5.91 Å². The van der Waals surface area contributed by atoms with E-state index in [1.54, 1.807) is 25.3 Å². The summed E-state index contributed by atoms with van der Waals surface area (Å²) in [6, 6.07) is 4.68. The van der Waals surface area contributed by atoms with Gasteiger partial charge in [-0.3, -0.25) is 4.79 Å². The van der Waals surface area contributed by atoms with Crippen molar-refractivity contribution < 1.29 is 9.53 Å². The van der Waals surface area contributed by atoms with Gasteiger partial charge in [0.1, 0.15) is 5.75 Å². The Morgan fingerprint density at radius 3 is 2.81 bits per heavy atom. The summed E-state index contributed by atoms with van der Waals surface area (Å²) >= 11 is 5.96. The quantitative estimate of drug-likeness (QED) is 0.873. The van der Waals surface area contributed by atoms with Crippen LogP contribution < -0.4 is 15.8 Å². The summed E-state index contributed by atoms with van der Waals surface area (Å²) in [7, 11) is 1.54. The first-order valence-corrected chi connectivity index (χ1v) is 7.88. The number of benzene rings is 1. The van der Waals surface area contributed by atoms with Crippen LogP contribution in [0, 0.1) is 5.92 Å². The number of halogens is 1. The minimum absolute atomic E-state index is 0.148. The van der Waals surface area contributed by atoms with Crippen LogP contribution in [-0.2, 0) is 4.79 Å². The summed E-state index contributed by atoms with van der Waals surface area (Å²) in [6.45, 7) is 0. The van der Waals surface area contributed by atoms with Crippen LogP contribution in [0.1, 0.15) is 38.5 Å². The summed E-state index contributed by atoms with van der Waals surface area (Å²) < 4.78 is 5.13. The van der Waals surface area contributed by atoms with Gasteiger partial charge in [-0.2, -0.15) is 0 Å². The number of amides is 1. The summed E-state index contributed by atoms with van der Waals surface area (Å²) in [4.78, 5) is 12.2. The average Bonchev–Trinajstić information content (AvgIpc) is 2.50. The van der Waals surface area contributed by atoms with Crippen LogP contribution in [0.25, 0.3) is 0 Å². The van der Waals surface area contributed by atoms with Crippen molar-refractivity contribution in [3.8, 4) is 5.75 Å². The molecule has 3 N–H and O–H groups in total. The lowest BCUT2D eigenvalue weighted by atomic mass is 9.85. The van der Waals surface area contributed by atoms with Gasteiger partial charge in [0.05, 0.1) is 18.2 Å². The molecule has 0 radical (unpaired) electrons. The zero-order chi connectivity index (χ0) is 15.2. The van der Waals surface area contributed by atoms with E-state index >= 15 is 0 Å². The van der Waals surface area contributed by atoms with E-state index in [0.29, 0.717) is 22.4 Å². The van der Waals surface area contributed by atoms with Crippen LogP contribution in [0.15, 0.2) is 18.2 Å². The molecule has 0 saturated heterocycles. The van der Waals surface area contributed by atoms with Crippen LogP contribution in [0.5, 0.6) is 5.75 Å². The second kappa shape index (κ2) is 7.66. The van der Waals surface area contributed by atoms with E-state index in [0.717, 1.165) is 6.42 Å². The molecule has 4 nitrogen and oxygen atoms in total. The number of nitrogens with two attached hydrogens (primary N) is 1. The van der Waals surface area contributed by atoms with E-state index in [1.165, 1.54) is 32.1 Å². The van der Waals surface area contributed by atoms with Crippen molar-refractivity contribution in [2.24, 2.45) is 11.7 Å². The minimum Gasteiger partial charge on any atom is -0.495 e. The van der Waals surface area contributed by atoms with Gasteiger partial charge in [-0.1, -0.05) is 43.7 Å². The van der Waals surface area contributed by atoms with Crippen LogP contribution in [0.4, 0.5) is 5.69 Å². The Labute approximate surface area is 131 Å². The number of anilines is 1. The monoisotopic (exact) mass is 310 g/mol. The smallest absolute Gasteiger partial charge is 0.241 e. The maximum absolute atomic E-state index is 12.2. The Kier molecular flexibility index (Phi) is 5.88. The predicted molar refractivity (Wildman–Crippen MR) is 85.8 cm³/mol. The Hall–Kier alpha value is -1.26. The third-order valence-corrected chi connectivity index (χ3v) is 4.38. The third kappa shape index (κ3) is 4.61. The van der Waals surface area contributed by atoms with Gasteiger partial charge in [0.25, 0.3) is 0 Å². The summed E-state index contributed by atoms with van der Waals surface area (Å²) in [5.41, 5.74) is 6.68. The minimum atomic E-state index is -0.463. The Bertz CT molecular complexity index is 487. The molecule has 1 fully saturated rings. The molecule has 5 heteroatoms. The third-order valence-electron chi connectivity index (χ3n) is 4.07. The highest BCUT2D eigenvalue weighted by Gasteiger charge is 2.21. The van der Waals surface area contributed by atoms with Crippen LogP contribution in [0.2, 0.25) is 5.02 Å². The van der Waals surface area contributed by atoms with E-state index in [1.807, 2.05) is 0 Å². The van der Waals surface area contributed by atoms with E-state index in [2.05, 4.69) is 5.32 Å². The number of methoxy groups -OCH3 is 1. The second-order valence-corrected chi connectivity index (χ2v) is 6.09. The lowest BCUT2D eigenvalue weighted by molar-refractivity contribution is -0.117. The molecule has 1 aromatic rings. The fraction of sp³-hybridized carbons (Fsp3) is 0.562. The standard InChI is InChI=1S/C16H23ClN2O2/c1-21-15-10-12(7-8-13(15)17)19-16(20)14(18)9-11-5-3-2-4-6-11/h7-8,10-11,14H,2-6,9,18H2,1H3,(H,19,20). The number of hydrogen-bond donors (Lipinski definition) is 2. The molecular formula is C16H23ClN2O2. The lowest BCUT2D eigenvalue weighted by Crippen LogP contribution is -2.37. The van der Waals surface area contributed by atoms with Crippen molar-refractivity contribution in [3.05, 3.63) is 23.2 Å². The number of carbonyl (C=O) groups is 1. The summed E-state index contributed by atoms with van der Waals surface area (Å²) in [5, 5.41) is 3.35. The average molecular weight is 311 g/mol. The van der Waals surface area contributed by atoms with Crippen molar-refractivity contribution >= 4 is 23.2 Å². The van der Waals surface area contributed by atoms with E-state index in [9.17, 15) is 4.79 Å². The van der Waals surface area contributed by atoms with E-state index in [4.69, 9.17) is 22.1 Å². The van der Waals surface area contributed by atoms with Gasteiger partial charge in [0.15, 0.2) is 0 Å². The molecule has 1 saturated carbocycles. The Morgan fingerprint density at radius 1 is 1.43 bits per heavy atom. The maximum Gasteiger partial charge on any atom is 0.241 e. The van der Waals surface area contributed by atoms with Gasteiger partial charge in [0, 0.05) is 11.8 Å². The van der Waals surface area contributed by atoms with Crippen molar-refractivity contribution in [1.82, 2.24) is 0 Å². The van der Waals surface area contributed by atoms with Gasteiger partial charge in [-0.25, -0.2) is 0 Å². The number of hydrogen-bond acceptors (Lipinski definition) is 3. The van der Waals surface area contributed by atoms with Crippen molar-refractivity contribution in [1.29, 1.82) is 0 Å². The molecule has 1 amide bonds. The first kappa shape index (κ1) is 16.1. The first-order valence-electron chi connectivity index (χ1n) is 7.50. The number of ether oxygens (including phenoxy) is 1. The molecule has 0 aliphatic heterocycles. The van der Waals surface area contributed by atoms with Gasteiger partial charge < -0.3 is 15.8 Å².